The van der Waals surface area contributed by atoms with Crippen LogP contribution in [0.25, 0.3) is 0 Å². The SMILES string of the molecule is CS(=O)(=O)NC(c1ccccc1)S(N)(=O)=O. The van der Waals surface area contributed by atoms with E-state index >= 15 is 0 Å². The van der Waals surface area contributed by atoms with Gasteiger partial charge in [-0.3, -0.25) is 0 Å². The molecule has 1 atom stereocenters. The van der Waals surface area contributed by atoms with Gasteiger partial charge in [-0.05, 0) is 5.56 Å². The van der Waals surface area contributed by atoms with Gasteiger partial charge in [-0.1, -0.05) is 30.3 Å². The van der Waals surface area contributed by atoms with Gasteiger partial charge in [-0.25, -0.2) is 22.0 Å². The lowest BCUT2D eigenvalue weighted by Crippen LogP contribution is -2.36. The molecule has 0 saturated carbocycles. The number of nitrogens with two attached hydrogens (primary N) is 1. The quantitative estimate of drug-likeness (QED) is 0.766. The van der Waals surface area contributed by atoms with Gasteiger partial charge in [0.05, 0.1) is 6.26 Å². The van der Waals surface area contributed by atoms with E-state index < -0.39 is 25.4 Å². The second kappa shape index (κ2) is 4.50. The van der Waals surface area contributed by atoms with E-state index in [1.54, 1.807) is 18.2 Å². The first-order chi connectivity index (χ1) is 7.20. The van der Waals surface area contributed by atoms with Crippen LogP contribution in [0.3, 0.4) is 0 Å². The molecular weight excluding hydrogens is 252 g/mol. The van der Waals surface area contributed by atoms with Crippen molar-refractivity contribution in [1.82, 2.24) is 4.72 Å². The van der Waals surface area contributed by atoms with Gasteiger partial charge in [0.25, 0.3) is 0 Å². The molecule has 8 heteroatoms. The van der Waals surface area contributed by atoms with Crippen LogP contribution in [-0.2, 0) is 20.0 Å². The maximum Gasteiger partial charge on any atom is 0.230 e. The summed E-state index contributed by atoms with van der Waals surface area (Å²) >= 11 is 0. The van der Waals surface area contributed by atoms with Gasteiger partial charge in [-0.2, -0.15) is 4.72 Å². The van der Waals surface area contributed by atoms with Gasteiger partial charge in [0.2, 0.25) is 20.0 Å². The standard InChI is InChI=1S/C8H12N2O4S2/c1-15(11,12)10-8(16(9,13)14)7-5-3-2-4-6-7/h2-6,8,10H,1H3,(H2,9,13,14). The molecule has 1 unspecified atom stereocenters. The topological polar surface area (TPSA) is 106 Å². The van der Waals surface area contributed by atoms with Crippen LogP contribution in [0.15, 0.2) is 30.3 Å². The van der Waals surface area contributed by atoms with Crippen LogP contribution in [0.4, 0.5) is 0 Å². The van der Waals surface area contributed by atoms with Gasteiger partial charge in [0.1, 0.15) is 0 Å². The van der Waals surface area contributed by atoms with Crippen LogP contribution >= 0.6 is 0 Å². The predicted molar refractivity (Wildman–Crippen MR) is 60.3 cm³/mol. The van der Waals surface area contributed by atoms with E-state index in [2.05, 4.69) is 0 Å². The highest BCUT2D eigenvalue weighted by Crippen LogP contribution is 2.17. The lowest BCUT2D eigenvalue weighted by atomic mass is 10.2. The summed E-state index contributed by atoms with van der Waals surface area (Å²) in [5.41, 5.74) is 0.274. The highest BCUT2D eigenvalue weighted by molar-refractivity contribution is 7.92. The molecule has 0 fully saturated rings. The van der Waals surface area contributed by atoms with Crippen LogP contribution in [0.1, 0.15) is 10.9 Å². The van der Waals surface area contributed by atoms with E-state index in [1.807, 2.05) is 4.72 Å². The zero-order valence-electron chi connectivity index (χ0n) is 8.49. The van der Waals surface area contributed by atoms with E-state index in [4.69, 9.17) is 5.14 Å². The average Bonchev–Trinajstić information content (AvgIpc) is 2.13. The van der Waals surface area contributed by atoms with Crippen molar-refractivity contribution in [3.8, 4) is 0 Å². The summed E-state index contributed by atoms with van der Waals surface area (Å²) in [7, 11) is -7.71. The third-order valence-corrected chi connectivity index (χ3v) is 3.61. The van der Waals surface area contributed by atoms with E-state index in [-0.39, 0.29) is 5.56 Å². The Morgan fingerprint density at radius 1 is 1.12 bits per heavy atom. The lowest BCUT2D eigenvalue weighted by molar-refractivity contribution is 0.561. The average molecular weight is 264 g/mol. The first-order valence-corrected chi connectivity index (χ1v) is 7.74. The number of benzene rings is 1. The first kappa shape index (κ1) is 13.1. The molecule has 90 valence electrons. The fourth-order valence-electron chi connectivity index (χ4n) is 1.15. The Morgan fingerprint density at radius 2 is 1.62 bits per heavy atom. The number of hydrogen-bond acceptors (Lipinski definition) is 4. The molecule has 0 bridgehead atoms. The Hall–Kier alpha value is -0.960. The Morgan fingerprint density at radius 3 is 2.00 bits per heavy atom. The number of primary sulfonamides is 1. The molecule has 0 amide bonds. The van der Waals surface area contributed by atoms with Crippen molar-refractivity contribution in [2.75, 3.05) is 6.26 Å². The van der Waals surface area contributed by atoms with Crippen molar-refractivity contribution in [3.05, 3.63) is 35.9 Å². The number of hydrogen-bond donors (Lipinski definition) is 2. The molecule has 0 aliphatic heterocycles. The molecule has 0 heterocycles. The normalized spacial score (nSPS) is 14.6. The van der Waals surface area contributed by atoms with Crippen LogP contribution in [-0.4, -0.2) is 23.1 Å². The highest BCUT2D eigenvalue weighted by atomic mass is 32.2. The zero-order valence-corrected chi connectivity index (χ0v) is 10.1. The predicted octanol–water partition coefficient (Wildman–Crippen LogP) is -0.477. The molecule has 6 nitrogen and oxygen atoms in total. The minimum atomic E-state index is -4.04. The van der Waals surface area contributed by atoms with Crippen molar-refractivity contribution in [1.29, 1.82) is 0 Å². The van der Waals surface area contributed by atoms with Crippen molar-refractivity contribution in [2.24, 2.45) is 5.14 Å². The molecule has 0 saturated heterocycles. The summed E-state index contributed by atoms with van der Waals surface area (Å²) < 4.78 is 46.6. The smallest absolute Gasteiger partial charge is 0.227 e. The van der Waals surface area contributed by atoms with E-state index in [9.17, 15) is 16.8 Å². The number of nitrogens with one attached hydrogen (secondary N) is 1. The summed E-state index contributed by atoms with van der Waals surface area (Å²) in [6.07, 6.45) is 0.869. The van der Waals surface area contributed by atoms with E-state index in [0.717, 1.165) is 6.26 Å². The number of rotatable bonds is 4. The van der Waals surface area contributed by atoms with Gasteiger partial charge < -0.3 is 0 Å². The third-order valence-electron chi connectivity index (χ3n) is 1.75. The summed E-state index contributed by atoms with van der Waals surface area (Å²) in [6.45, 7) is 0. The van der Waals surface area contributed by atoms with Crippen LogP contribution in [0, 0.1) is 0 Å². The Balaban J connectivity index is 3.19. The van der Waals surface area contributed by atoms with Crippen LogP contribution < -0.4 is 9.86 Å². The second-order valence-electron chi connectivity index (χ2n) is 3.27. The second-order valence-corrected chi connectivity index (χ2v) is 6.70. The van der Waals surface area contributed by atoms with Gasteiger partial charge in [0.15, 0.2) is 5.37 Å². The molecule has 16 heavy (non-hydrogen) atoms. The highest BCUT2D eigenvalue weighted by Gasteiger charge is 2.26. The minimum Gasteiger partial charge on any atom is -0.227 e. The van der Waals surface area contributed by atoms with Gasteiger partial charge >= 0.3 is 0 Å². The molecule has 3 N–H and O–H groups in total. The molecule has 0 aliphatic carbocycles. The molecular formula is C8H12N2O4S2. The Kier molecular flexibility index (Phi) is 3.68. The van der Waals surface area contributed by atoms with E-state index in [1.165, 1.54) is 12.1 Å². The summed E-state index contributed by atoms with van der Waals surface area (Å²) in [5.74, 6) is 0. The first-order valence-electron chi connectivity index (χ1n) is 4.24. The van der Waals surface area contributed by atoms with Crippen LogP contribution in [0.2, 0.25) is 0 Å². The van der Waals surface area contributed by atoms with Gasteiger partial charge in [-0.15, -0.1) is 0 Å². The molecule has 1 aromatic rings. The molecule has 0 spiro atoms. The van der Waals surface area contributed by atoms with Crippen molar-refractivity contribution in [2.45, 2.75) is 5.37 Å². The fraction of sp³-hybridized carbons (Fsp3) is 0.250. The van der Waals surface area contributed by atoms with Crippen molar-refractivity contribution in [3.63, 3.8) is 0 Å². The fourth-order valence-corrected chi connectivity index (χ4v) is 3.27. The summed E-state index contributed by atoms with van der Waals surface area (Å²) in [4.78, 5) is 0. The summed E-state index contributed by atoms with van der Waals surface area (Å²) in [5, 5.41) is 3.51. The number of sulfonamides is 2. The molecule has 0 radical (unpaired) electrons. The molecule has 0 aromatic heterocycles. The molecule has 0 aliphatic rings. The maximum absolute atomic E-state index is 11.3. The lowest BCUT2D eigenvalue weighted by Gasteiger charge is -2.15. The summed E-state index contributed by atoms with van der Waals surface area (Å²) in [6, 6.07) is 7.83. The maximum atomic E-state index is 11.3. The Bertz CT molecular complexity index is 551. The minimum absolute atomic E-state index is 0.274. The van der Waals surface area contributed by atoms with Crippen molar-refractivity contribution < 1.29 is 16.8 Å². The molecule has 1 aromatic carbocycles. The van der Waals surface area contributed by atoms with Crippen molar-refractivity contribution >= 4 is 20.0 Å². The largest absolute Gasteiger partial charge is 0.230 e. The van der Waals surface area contributed by atoms with Gasteiger partial charge in [0, 0.05) is 0 Å². The Labute approximate surface area is 94.6 Å². The third kappa shape index (κ3) is 3.89. The van der Waals surface area contributed by atoms with E-state index in [0.29, 0.717) is 0 Å². The monoisotopic (exact) mass is 264 g/mol. The zero-order chi connectivity index (χ0) is 12.4. The molecule has 1 rings (SSSR count). The van der Waals surface area contributed by atoms with Crippen LogP contribution in [0.5, 0.6) is 0 Å².